The number of nitrogens with one attached hydrogen (secondary N) is 2. The molecule has 6 nitrogen and oxygen atoms in total. The van der Waals surface area contributed by atoms with Crippen LogP contribution in [0, 0.1) is 0 Å². The first-order valence-electron chi connectivity index (χ1n) is 5.70. The van der Waals surface area contributed by atoms with E-state index < -0.39 is 0 Å². The van der Waals surface area contributed by atoms with Crippen LogP contribution in [0.2, 0.25) is 0 Å². The van der Waals surface area contributed by atoms with E-state index in [0.29, 0.717) is 17.3 Å². The third kappa shape index (κ3) is 2.37. The van der Waals surface area contributed by atoms with Crippen LogP contribution in [-0.2, 0) is 0 Å². The summed E-state index contributed by atoms with van der Waals surface area (Å²) in [6.45, 7) is 0. The standard InChI is InChI=1S/C12H10Br2N6/c13-7-2-1-3-8(14)10(7)18-11-12-16-4-5-20(12)6-9(17-11)19-15/h1-6,19H,15H2,(H,17,18). The number of hydrogen-bond acceptors (Lipinski definition) is 5. The molecule has 0 bridgehead atoms. The molecule has 3 aromatic rings. The first kappa shape index (κ1) is 13.3. The minimum Gasteiger partial charge on any atom is -0.335 e. The third-order valence-electron chi connectivity index (χ3n) is 2.73. The van der Waals surface area contributed by atoms with Gasteiger partial charge in [0.15, 0.2) is 17.3 Å². The summed E-state index contributed by atoms with van der Waals surface area (Å²) in [6.07, 6.45) is 5.30. The molecule has 0 aliphatic rings. The van der Waals surface area contributed by atoms with Crippen LogP contribution in [0.4, 0.5) is 17.3 Å². The number of para-hydroxylation sites is 1. The molecule has 2 aromatic heterocycles. The van der Waals surface area contributed by atoms with Crippen LogP contribution < -0.4 is 16.6 Å². The molecule has 1 aromatic carbocycles. The normalized spacial score (nSPS) is 10.8. The van der Waals surface area contributed by atoms with Gasteiger partial charge in [-0.05, 0) is 44.0 Å². The number of hydrogen-bond donors (Lipinski definition) is 3. The minimum absolute atomic E-state index is 0.543. The largest absolute Gasteiger partial charge is 0.335 e. The number of hydrazine groups is 1. The van der Waals surface area contributed by atoms with Gasteiger partial charge in [-0.15, -0.1) is 0 Å². The summed E-state index contributed by atoms with van der Waals surface area (Å²) in [4.78, 5) is 8.69. The van der Waals surface area contributed by atoms with Crippen LogP contribution in [0.1, 0.15) is 0 Å². The zero-order valence-electron chi connectivity index (χ0n) is 10.1. The predicted molar refractivity (Wildman–Crippen MR) is 85.9 cm³/mol. The average molecular weight is 398 g/mol. The zero-order chi connectivity index (χ0) is 14.1. The van der Waals surface area contributed by atoms with E-state index in [1.165, 1.54) is 0 Å². The molecule has 0 aliphatic heterocycles. The van der Waals surface area contributed by atoms with Gasteiger partial charge in [0.25, 0.3) is 0 Å². The molecule has 2 heterocycles. The van der Waals surface area contributed by atoms with E-state index in [9.17, 15) is 0 Å². The van der Waals surface area contributed by atoms with E-state index in [1.807, 2.05) is 28.8 Å². The Bertz CT molecular complexity index is 749. The molecule has 0 fully saturated rings. The maximum absolute atomic E-state index is 5.44. The molecule has 8 heteroatoms. The number of fused-ring (bicyclic) bond motifs is 1. The van der Waals surface area contributed by atoms with Gasteiger partial charge in [0.1, 0.15) is 0 Å². The van der Waals surface area contributed by atoms with Crippen molar-refractivity contribution < 1.29 is 0 Å². The summed E-state index contributed by atoms with van der Waals surface area (Å²) < 4.78 is 3.68. The molecule has 0 spiro atoms. The highest BCUT2D eigenvalue weighted by atomic mass is 79.9. The molecule has 0 unspecified atom stereocenters. The molecule has 0 radical (unpaired) electrons. The maximum atomic E-state index is 5.44. The van der Waals surface area contributed by atoms with E-state index in [1.54, 1.807) is 12.4 Å². The number of nitrogens with zero attached hydrogens (tertiary/aromatic N) is 3. The smallest absolute Gasteiger partial charge is 0.180 e. The highest BCUT2D eigenvalue weighted by Gasteiger charge is 2.11. The molecule has 102 valence electrons. The summed E-state index contributed by atoms with van der Waals surface area (Å²) >= 11 is 7.01. The molecule has 0 saturated heterocycles. The van der Waals surface area contributed by atoms with Gasteiger partial charge in [-0.3, -0.25) is 0 Å². The molecule has 0 amide bonds. The Morgan fingerprint density at radius 2 is 1.95 bits per heavy atom. The third-order valence-corrected chi connectivity index (χ3v) is 4.05. The fourth-order valence-corrected chi connectivity index (χ4v) is 3.02. The van der Waals surface area contributed by atoms with Crippen molar-refractivity contribution in [3.8, 4) is 0 Å². The van der Waals surface area contributed by atoms with Crippen LogP contribution in [0.25, 0.3) is 5.65 Å². The highest BCUT2D eigenvalue weighted by Crippen LogP contribution is 2.33. The van der Waals surface area contributed by atoms with Crippen molar-refractivity contribution in [2.24, 2.45) is 5.84 Å². The van der Waals surface area contributed by atoms with Crippen molar-refractivity contribution in [1.82, 2.24) is 14.4 Å². The topological polar surface area (TPSA) is 80.3 Å². The first-order chi connectivity index (χ1) is 9.69. The zero-order valence-corrected chi connectivity index (χ0v) is 13.3. The van der Waals surface area contributed by atoms with Crippen molar-refractivity contribution in [3.63, 3.8) is 0 Å². The summed E-state index contributed by atoms with van der Waals surface area (Å²) in [7, 11) is 0. The van der Waals surface area contributed by atoms with Crippen molar-refractivity contribution in [1.29, 1.82) is 0 Å². The number of aromatic nitrogens is 3. The Kier molecular flexibility index (Phi) is 3.60. The fraction of sp³-hybridized carbons (Fsp3) is 0. The van der Waals surface area contributed by atoms with Gasteiger partial charge in [0, 0.05) is 21.3 Å². The Balaban J connectivity index is 2.12. The number of halogens is 2. The second-order valence-corrected chi connectivity index (χ2v) is 5.71. The Labute approximate surface area is 131 Å². The molecule has 4 N–H and O–H groups in total. The van der Waals surface area contributed by atoms with Gasteiger partial charge in [0.05, 0.1) is 11.9 Å². The van der Waals surface area contributed by atoms with E-state index >= 15 is 0 Å². The van der Waals surface area contributed by atoms with Crippen LogP contribution in [-0.4, -0.2) is 14.4 Å². The number of nitrogens with two attached hydrogens (primary N) is 1. The lowest BCUT2D eigenvalue weighted by molar-refractivity contribution is 1.11. The van der Waals surface area contributed by atoms with Gasteiger partial charge in [-0.1, -0.05) is 6.07 Å². The monoisotopic (exact) mass is 396 g/mol. The van der Waals surface area contributed by atoms with E-state index in [-0.39, 0.29) is 0 Å². The molecule has 3 rings (SSSR count). The van der Waals surface area contributed by atoms with E-state index in [4.69, 9.17) is 5.84 Å². The Morgan fingerprint density at radius 1 is 1.20 bits per heavy atom. The number of imidazole rings is 1. The minimum atomic E-state index is 0.543. The number of anilines is 3. The fourth-order valence-electron chi connectivity index (χ4n) is 1.82. The Hall–Kier alpha value is -1.64. The predicted octanol–water partition coefficient (Wildman–Crippen LogP) is 3.28. The SMILES string of the molecule is NNc1cn2ccnc2c(Nc2c(Br)cccc2Br)n1. The van der Waals surface area contributed by atoms with Crippen molar-refractivity contribution in [2.75, 3.05) is 10.7 Å². The lowest BCUT2D eigenvalue weighted by Crippen LogP contribution is -2.11. The molecule has 0 saturated carbocycles. The average Bonchev–Trinajstić information content (AvgIpc) is 2.91. The second-order valence-electron chi connectivity index (χ2n) is 4.00. The van der Waals surface area contributed by atoms with Crippen molar-refractivity contribution in [3.05, 3.63) is 45.7 Å². The molecule has 0 atom stereocenters. The summed E-state index contributed by atoms with van der Waals surface area (Å²) in [6, 6.07) is 5.83. The second kappa shape index (κ2) is 5.39. The lowest BCUT2D eigenvalue weighted by Gasteiger charge is -2.12. The van der Waals surface area contributed by atoms with Gasteiger partial charge >= 0.3 is 0 Å². The van der Waals surface area contributed by atoms with Crippen LogP contribution in [0.3, 0.4) is 0 Å². The summed E-state index contributed by atoms with van der Waals surface area (Å²) in [5.74, 6) is 6.59. The van der Waals surface area contributed by atoms with Gasteiger partial charge in [0.2, 0.25) is 0 Å². The molecular formula is C12H10Br2N6. The molecule has 20 heavy (non-hydrogen) atoms. The highest BCUT2D eigenvalue weighted by molar-refractivity contribution is 9.11. The first-order valence-corrected chi connectivity index (χ1v) is 7.29. The maximum Gasteiger partial charge on any atom is 0.180 e. The number of benzene rings is 1. The number of rotatable bonds is 3. The van der Waals surface area contributed by atoms with E-state index in [2.05, 4.69) is 52.6 Å². The van der Waals surface area contributed by atoms with Crippen molar-refractivity contribution in [2.45, 2.75) is 0 Å². The molecule has 0 aliphatic carbocycles. The molecular weight excluding hydrogens is 388 g/mol. The van der Waals surface area contributed by atoms with Gasteiger partial charge < -0.3 is 15.1 Å². The van der Waals surface area contributed by atoms with Crippen LogP contribution >= 0.6 is 31.9 Å². The number of nitrogen functional groups attached to an aromatic ring is 1. The van der Waals surface area contributed by atoms with E-state index in [0.717, 1.165) is 14.6 Å². The van der Waals surface area contributed by atoms with Crippen molar-refractivity contribution >= 4 is 54.8 Å². The van der Waals surface area contributed by atoms with Crippen LogP contribution in [0.15, 0.2) is 45.7 Å². The lowest BCUT2D eigenvalue weighted by atomic mass is 10.3. The van der Waals surface area contributed by atoms with Gasteiger partial charge in [-0.2, -0.15) is 0 Å². The van der Waals surface area contributed by atoms with Crippen LogP contribution in [0.5, 0.6) is 0 Å². The summed E-state index contributed by atoms with van der Waals surface area (Å²) in [5, 5.41) is 3.26. The Morgan fingerprint density at radius 3 is 2.65 bits per heavy atom. The van der Waals surface area contributed by atoms with Gasteiger partial charge in [-0.25, -0.2) is 15.8 Å². The summed E-state index contributed by atoms with van der Waals surface area (Å²) in [5.41, 5.74) is 4.13. The quantitative estimate of drug-likeness (QED) is 0.466.